The van der Waals surface area contributed by atoms with E-state index in [0.717, 1.165) is 12.8 Å². The lowest BCUT2D eigenvalue weighted by Gasteiger charge is -2.17. The van der Waals surface area contributed by atoms with E-state index in [1.165, 1.54) is 0 Å². The molecule has 0 aromatic heterocycles. The largest absolute Gasteiger partial charge is 0.396 e. The Bertz CT molecular complexity index is 171. The summed E-state index contributed by atoms with van der Waals surface area (Å²) >= 11 is 0. The number of hydrogen-bond donors (Lipinski definition) is 2. The Hall–Kier alpha value is -0.610. The van der Waals surface area contributed by atoms with Gasteiger partial charge in [-0.15, -0.1) is 0 Å². The van der Waals surface area contributed by atoms with Gasteiger partial charge in [0.15, 0.2) is 0 Å². The van der Waals surface area contributed by atoms with E-state index in [-0.39, 0.29) is 25.2 Å². The highest BCUT2D eigenvalue weighted by molar-refractivity contribution is 5.77. The van der Waals surface area contributed by atoms with Crippen LogP contribution in [0.5, 0.6) is 0 Å². The summed E-state index contributed by atoms with van der Waals surface area (Å²) in [7, 11) is 0. The summed E-state index contributed by atoms with van der Waals surface area (Å²) < 4.78 is 5.15. The molecule has 0 spiro atoms. The van der Waals surface area contributed by atoms with E-state index in [2.05, 4.69) is 19.2 Å². The summed E-state index contributed by atoms with van der Waals surface area (Å²) in [5.74, 6) is 0.364. The second-order valence-electron chi connectivity index (χ2n) is 4.08. The first kappa shape index (κ1) is 14.4. The van der Waals surface area contributed by atoms with Crippen molar-refractivity contribution >= 4 is 5.91 Å². The standard InChI is InChI=1S/C11H23NO3/c1-9(2)10(3)12-11(14)8-15-7-5-4-6-13/h9-10,13H,4-8H2,1-3H3,(H,12,14). The van der Waals surface area contributed by atoms with Gasteiger partial charge in [-0.05, 0) is 25.7 Å². The minimum atomic E-state index is -0.0693. The van der Waals surface area contributed by atoms with Crippen LogP contribution in [-0.4, -0.2) is 36.9 Å². The van der Waals surface area contributed by atoms with E-state index in [9.17, 15) is 4.79 Å². The molecule has 0 rings (SSSR count). The van der Waals surface area contributed by atoms with Crippen molar-refractivity contribution in [3.63, 3.8) is 0 Å². The number of ether oxygens (including phenoxy) is 1. The minimum absolute atomic E-state index is 0.0693. The maximum absolute atomic E-state index is 11.3. The third kappa shape index (κ3) is 8.39. The monoisotopic (exact) mass is 217 g/mol. The predicted molar refractivity (Wildman–Crippen MR) is 59.6 cm³/mol. The molecule has 1 unspecified atom stereocenters. The average molecular weight is 217 g/mol. The quantitative estimate of drug-likeness (QED) is 0.595. The van der Waals surface area contributed by atoms with Crippen molar-refractivity contribution in [3.8, 4) is 0 Å². The Kier molecular flexibility index (Phi) is 8.33. The average Bonchev–Trinajstić information content (AvgIpc) is 2.17. The normalized spacial score (nSPS) is 12.9. The van der Waals surface area contributed by atoms with Crippen molar-refractivity contribution in [1.29, 1.82) is 0 Å². The van der Waals surface area contributed by atoms with Crippen molar-refractivity contribution in [2.24, 2.45) is 5.92 Å². The third-order valence-electron chi connectivity index (χ3n) is 2.32. The van der Waals surface area contributed by atoms with Gasteiger partial charge in [-0.2, -0.15) is 0 Å². The fourth-order valence-electron chi connectivity index (χ4n) is 0.943. The molecular formula is C11H23NO3. The van der Waals surface area contributed by atoms with Gasteiger partial charge in [-0.3, -0.25) is 4.79 Å². The second kappa shape index (κ2) is 8.68. The van der Waals surface area contributed by atoms with Crippen LogP contribution in [0.25, 0.3) is 0 Å². The molecule has 0 saturated carbocycles. The van der Waals surface area contributed by atoms with E-state index in [4.69, 9.17) is 9.84 Å². The van der Waals surface area contributed by atoms with Crippen molar-refractivity contribution in [2.75, 3.05) is 19.8 Å². The maximum atomic E-state index is 11.3. The number of nitrogens with one attached hydrogen (secondary N) is 1. The number of hydrogen-bond acceptors (Lipinski definition) is 3. The predicted octanol–water partition coefficient (Wildman–Crippen LogP) is 0.936. The fraction of sp³-hybridized carbons (Fsp3) is 0.909. The van der Waals surface area contributed by atoms with Gasteiger partial charge in [0.05, 0.1) is 0 Å². The number of carbonyl (C=O) groups excluding carboxylic acids is 1. The van der Waals surface area contributed by atoms with Crippen LogP contribution in [0, 0.1) is 5.92 Å². The molecule has 1 atom stereocenters. The molecular weight excluding hydrogens is 194 g/mol. The molecule has 0 aromatic rings. The van der Waals surface area contributed by atoms with Crippen LogP contribution in [0.3, 0.4) is 0 Å². The molecule has 0 saturated heterocycles. The van der Waals surface area contributed by atoms with Crippen molar-refractivity contribution < 1.29 is 14.6 Å². The molecule has 0 bridgehead atoms. The van der Waals surface area contributed by atoms with Crippen LogP contribution >= 0.6 is 0 Å². The smallest absolute Gasteiger partial charge is 0.246 e. The first-order chi connectivity index (χ1) is 7.07. The van der Waals surface area contributed by atoms with E-state index < -0.39 is 0 Å². The minimum Gasteiger partial charge on any atom is -0.396 e. The first-order valence-electron chi connectivity index (χ1n) is 5.56. The number of aliphatic hydroxyl groups is 1. The number of unbranched alkanes of at least 4 members (excludes halogenated alkanes) is 1. The summed E-state index contributed by atoms with van der Waals surface area (Å²) in [6.45, 7) is 6.93. The summed E-state index contributed by atoms with van der Waals surface area (Å²) in [6, 6.07) is 0.179. The molecule has 0 fully saturated rings. The van der Waals surface area contributed by atoms with Crippen molar-refractivity contribution in [1.82, 2.24) is 5.32 Å². The van der Waals surface area contributed by atoms with Gasteiger partial charge < -0.3 is 15.2 Å². The summed E-state index contributed by atoms with van der Waals surface area (Å²) in [4.78, 5) is 11.3. The molecule has 0 aliphatic heterocycles. The van der Waals surface area contributed by atoms with E-state index in [1.54, 1.807) is 0 Å². The third-order valence-corrected chi connectivity index (χ3v) is 2.32. The zero-order valence-electron chi connectivity index (χ0n) is 9.95. The molecule has 15 heavy (non-hydrogen) atoms. The Balaban J connectivity index is 3.41. The number of carbonyl (C=O) groups is 1. The Labute approximate surface area is 92.0 Å². The summed E-state index contributed by atoms with van der Waals surface area (Å²) in [5.41, 5.74) is 0. The maximum Gasteiger partial charge on any atom is 0.246 e. The lowest BCUT2D eigenvalue weighted by atomic mass is 10.1. The van der Waals surface area contributed by atoms with Crippen LogP contribution in [-0.2, 0) is 9.53 Å². The molecule has 0 radical (unpaired) electrons. The topological polar surface area (TPSA) is 58.6 Å². The van der Waals surface area contributed by atoms with Crippen LogP contribution in [0.4, 0.5) is 0 Å². The molecule has 1 amide bonds. The Morgan fingerprint density at radius 1 is 1.33 bits per heavy atom. The number of aliphatic hydroxyl groups excluding tert-OH is 1. The zero-order chi connectivity index (χ0) is 11.7. The van der Waals surface area contributed by atoms with Gasteiger partial charge in [0.1, 0.15) is 6.61 Å². The van der Waals surface area contributed by atoms with Gasteiger partial charge in [-0.25, -0.2) is 0 Å². The summed E-state index contributed by atoms with van der Waals surface area (Å²) in [6.07, 6.45) is 1.52. The highest BCUT2D eigenvalue weighted by Crippen LogP contribution is 1.99. The van der Waals surface area contributed by atoms with Gasteiger partial charge in [-0.1, -0.05) is 13.8 Å². The lowest BCUT2D eigenvalue weighted by Crippen LogP contribution is -2.38. The SMILES string of the molecule is CC(C)C(C)NC(=O)COCCCCO. The molecule has 0 aliphatic rings. The Morgan fingerprint density at radius 3 is 2.53 bits per heavy atom. The zero-order valence-corrected chi connectivity index (χ0v) is 9.95. The van der Waals surface area contributed by atoms with Gasteiger partial charge in [0, 0.05) is 19.3 Å². The number of amides is 1. The molecule has 2 N–H and O–H groups in total. The molecule has 90 valence electrons. The van der Waals surface area contributed by atoms with E-state index in [1.807, 2.05) is 6.92 Å². The molecule has 0 heterocycles. The lowest BCUT2D eigenvalue weighted by molar-refractivity contribution is -0.126. The highest BCUT2D eigenvalue weighted by atomic mass is 16.5. The van der Waals surface area contributed by atoms with Crippen LogP contribution in [0.1, 0.15) is 33.6 Å². The highest BCUT2D eigenvalue weighted by Gasteiger charge is 2.10. The van der Waals surface area contributed by atoms with E-state index in [0.29, 0.717) is 12.5 Å². The first-order valence-corrected chi connectivity index (χ1v) is 5.56. The summed E-state index contributed by atoms with van der Waals surface area (Å²) in [5, 5.41) is 11.4. The second-order valence-corrected chi connectivity index (χ2v) is 4.08. The molecule has 4 heteroatoms. The number of rotatable bonds is 8. The van der Waals surface area contributed by atoms with Crippen LogP contribution < -0.4 is 5.32 Å². The van der Waals surface area contributed by atoms with Crippen molar-refractivity contribution in [3.05, 3.63) is 0 Å². The fourth-order valence-corrected chi connectivity index (χ4v) is 0.943. The molecule has 0 aromatic carbocycles. The van der Waals surface area contributed by atoms with Crippen LogP contribution in [0.2, 0.25) is 0 Å². The van der Waals surface area contributed by atoms with Crippen LogP contribution in [0.15, 0.2) is 0 Å². The van der Waals surface area contributed by atoms with Gasteiger partial charge in [0.2, 0.25) is 5.91 Å². The molecule has 4 nitrogen and oxygen atoms in total. The van der Waals surface area contributed by atoms with Gasteiger partial charge in [0.25, 0.3) is 0 Å². The van der Waals surface area contributed by atoms with E-state index >= 15 is 0 Å². The molecule has 0 aliphatic carbocycles. The Morgan fingerprint density at radius 2 is 2.00 bits per heavy atom. The van der Waals surface area contributed by atoms with Crippen molar-refractivity contribution in [2.45, 2.75) is 39.7 Å². The van der Waals surface area contributed by atoms with Gasteiger partial charge >= 0.3 is 0 Å².